The van der Waals surface area contributed by atoms with Gasteiger partial charge in [-0.2, -0.15) is 0 Å². The minimum Gasteiger partial charge on any atom is -0.441 e. The monoisotopic (exact) mass is 608 g/mol. The van der Waals surface area contributed by atoms with Crippen LogP contribution in [-0.4, -0.2) is 112 Å². The Hall–Kier alpha value is -4.45. The molecule has 1 fully saturated rings. The van der Waals surface area contributed by atoms with Crippen LogP contribution in [0, 0.1) is 0 Å². The number of nitrogens with zero attached hydrogens (tertiary/aromatic N) is 5. The molecule has 0 saturated carbocycles. The molecule has 8 rings (SSSR count). The van der Waals surface area contributed by atoms with Gasteiger partial charge in [-0.15, -0.1) is 0 Å². The molecule has 0 radical (unpaired) electrons. The Labute approximate surface area is 259 Å². The topological polar surface area (TPSA) is 112 Å². The minimum atomic E-state index is -1.02. The number of fused-ring (bicyclic) bond motifs is 9. The Kier molecular flexibility index (Phi) is 6.59. The number of aromatic nitrogens is 2. The first kappa shape index (κ1) is 28.1. The Balaban J connectivity index is 1.22. The van der Waals surface area contributed by atoms with E-state index < -0.39 is 30.1 Å². The van der Waals surface area contributed by atoms with Crippen LogP contribution in [0.5, 0.6) is 0 Å². The number of hydrogen-bond donors (Lipinski definition) is 2. The fourth-order valence-electron chi connectivity index (χ4n) is 7.61. The van der Waals surface area contributed by atoms with Crippen LogP contribution in [0.1, 0.15) is 27.1 Å². The number of benzene rings is 3. The van der Waals surface area contributed by atoms with Crippen molar-refractivity contribution in [3.05, 3.63) is 59.7 Å². The van der Waals surface area contributed by atoms with Gasteiger partial charge in [-0.3, -0.25) is 19.8 Å². The molecule has 11 heteroatoms. The molecule has 11 nitrogen and oxygen atoms in total. The summed E-state index contributed by atoms with van der Waals surface area (Å²) in [6.07, 6.45) is -1.22. The van der Waals surface area contributed by atoms with Gasteiger partial charge >= 0.3 is 6.09 Å². The lowest BCUT2D eigenvalue weighted by molar-refractivity contribution is -0.0290. The highest BCUT2D eigenvalue weighted by atomic mass is 16.6. The first-order valence-electron chi connectivity index (χ1n) is 15.7. The number of carbonyl (C=O) groups excluding carboxylic acids is 3. The van der Waals surface area contributed by atoms with Gasteiger partial charge in [0.05, 0.1) is 35.2 Å². The summed E-state index contributed by atoms with van der Waals surface area (Å²) in [6.45, 7) is 5.09. The number of ether oxygens (including phenoxy) is 1. The maximum absolute atomic E-state index is 13.6. The smallest absolute Gasteiger partial charge is 0.410 e. The van der Waals surface area contributed by atoms with E-state index in [4.69, 9.17) is 4.74 Å². The average molecular weight is 609 g/mol. The van der Waals surface area contributed by atoms with E-state index in [1.165, 1.54) is 0 Å². The molecule has 2 unspecified atom stereocenters. The third-order valence-corrected chi connectivity index (χ3v) is 9.72. The van der Waals surface area contributed by atoms with Crippen LogP contribution in [0.2, 0.25) is 0 Å². The number of carbonyl (C=O) groups is 3. The lowest BCUT2D eigenvalue weighted by atomic mass is 9.96. The molecule has 3 amide bonds. The van der Waals surface area contributed by atoms with Crippen molar-refractivity contribution in [2.45, 2.75) is 31.7 Å². The number of hydrogen-bond acceptors (Lipinski definition) is 7. The summed E-state index contributed by atoms with van der Waals surface area (Å²) in [5.41, 5.74) is 4.01. The number of aliphatic hydroxyl groups is 1. The number of para-hydroxylation sites is 2. The van der Waals surface area contributed by atoms with Crippen molar-refractivity contribution in [2.75, 3.05) is 53.4 Å². The standard InChI is InChI=1S/C34H36N6O5/c1-36(2)12-7-13-37-14-16-38(17-15-37)34(44)45-25-19-40-23-11-6-4-9-21(23)27-29-28(32(42)35-33(29)43)26-20-8-3-5-10-22(20)39(18-24(25)41)30(26)31(27)40/h3-6,8-11,24-25,41H,7,12-19H2,1-2H3,(H,35,42,43). The molecule has 2 aromatic heterocycles. The maximum atomic E-state index is 13.6. The lowest BCUT2D eigenvalue weighted by Crippen LogP contribution is -2.51. The van der Waals surface area contributed by atoms with E-state index >= 15 is 0 Å². The molecule has 3 aromatic carbocycles. The van der Waals surface area contributed by atoms with E-state index in [9.17, 15) is 19.5 Å². The Morgan fingerprint density at radius 2 is 1.42 bits per heavy atom. The van der Waals surface area contributed by atoms with Gasteiger partial charge in [0.2, 0.25) is 0 Å². The van der Waals surface area contributed by atoms with Crippen LogP contribution in [0.3, 0.4) is 0 Å². The predicted octanol–water partition coefficient (Wildman–Crippen LogP) is 3.24. The average Bonchev–Trinajstić information content (AvgIpc) is 3.63. The molecule has 3 aliphatic rings. The molecular weight excluding hydrogens is 572 g/mol. The Bertz CT molecular complexity index is 2040. The number of imide groups is 1. The van der Waals surface area contributed by atoms with Gasteiger partial charge in [0.25, 0.3) is 11.8 Å². The second-order valence-corrected chi connectivity index (χ2v) is 12.7. The van der Waals surface area contributed by atoms with Gasteiger partial charge in [0.1, 0.15) is 12.2 Å². The fraction of sp³-hybridized carbons (Fsp3) is 0.382. The Morgan fingerprint density at radius 1 is 0.867 bits per heavy atom. The van der Waals surface area contributed by atoms with E-state index in [-0.39, 0.29) is 13.1 Å². The van der Waals surface area contributed by atoms with Gasteiger partial charge in [0, 0.05) is 58.8 Å². The van der Waals surface area contributed by atoms with Crippen LogP contribution in [0.4, 0.5) is 4.79 Å². The summed E-state index contributed by atoms with van der Waals surface area (Å²) < 4.78 is 10.2. The van der Waals surface area contributed by atoms with Gasteiger partial charge < -0.3 is 28.8 Å². The minimum absolute atomic E-state index is 0.159. The Morgan fingerprint density at radius 3 is 2.00 bits per heavy atom. The summed E-state index contributed by atoms with van der Waals surface area (Å²) in [5, 5.41) is 17.3. The molecule has 3 aliphatic heterocycles. The summed E-state index contributed by atoms with van der Waals surface area (Å²) in [4.78, 5) is 46.5. The molecule has 5 heterocycles. The van der Waals surface area contributed by atoms with Crippen LogP contribution < -0.4 is 5.32 Å². The molecule has 45 heavy (non-hydrogen) atoms. The number of amides is 3. The van der Waals surface area contributed by atoms with Crippen molar-refractivity contribution in [1.82, 2.24) is 29.2 Å². The molecule has 0 spiro atoms. The van der Waals surface area contributed by atoms with Crippen molar-refractivity contribution in [3.8, 4) is 0 Å². The van der Waals surface area contributed by atoms with E-state index in [1.54, 1.807) is 4.90 Å². The predicted molar refractivity (Wildman–Crippen MR) is 172 cm³/mol. The zero-order chi connectivity index (χ0) is 31.0. The van der Waals surface area contributed by atoms with Gasteiger partial charge in [-0.1, -0.05) is 36.4 Å². The van der Waals surface area contributed by atoms with Crippen LogP contribution in [0.25, 0.3) is 43.6 Å². The maximum Gasteiger partial charge on any atom is 0.410 e. The van der Waals surface area contributed by atoms with E-state index in [1.807, 2.05) is 53.1 Å². The largest absolute Gasteiger partial charge is 0.441 e. The van der Waals surface area contributed by atoms with Crippen LogP contribution in [-0.2, 0) is 17.8 Å². The lowest BCUT2D eigenvalue weighted by Gasteiger charge is -2.36. The molecule has 5 aromatic rings. The van der Waals surface area contributed by atoms with Crippen molar-refractivity contribution in [2.24, 2.45) is 0 Å². The molecule has 2 atom stereocenters. The van der Waals surface area contributed by atoms with Crippen LogP contribution >= 0.6 is 0 Å². The highest BCUT2D eigenvalue weighted by Crippen LogP contribution is 2.45. The van der Waals surface area contributed by atoms with Crippen molar-refractivity contribution in [1.29, 1.82) is 0 Å². The number of aliphatic hydroxyl groups excluding tert-OH is 1. The highest BCUT2D eigenvalue weighted by molar-refractivity contribution is 6.39. The highest BCUT2D eigenvalue weighted by Gasteiger charge is 2.39. The molecule has 0 aliphatic carbocycles. The number of nitrogens with one attached hydrogen (secondary N) is 1. The zero-order valence-corrected chi connectivity index (χ0v) is 25.5. The van der Waals surface area contributed by atoms with Gasteiger partial charge in [0.15, 0.2) is 0 Å². The molecule has 2 N–H and O–H groups in total. The third-order valence-electron chi connectivity index (χ3n) is 9.72. The molecule has 0 bridgehead atoms. The third kappa shape index (κ3) is 4.33. The normalized spacial score (nSPS) is 20.5. The summed E-state index contributed by atoms with van der Waals surface area (Å²) in [6, 6.07) is 15.5. The summed E-state index contributed by atoms with van der Waals surface area (Å²) >= 11 is 0. The summed E-state index contributed by atoms with van der Waals surface area (Å²) in [7, 11) is 4.15. The van der Waals surface area contributed by atoms with Crippen molar-refractivity contribution < 1.29 is 24.2 Å². The van der Waals surface area contributed by atoms with Crippen molar-refractivity contribution >= 4 is 61.5 Å². The first-order chi connectivity index (χ1) is 21.8. The first-order valence-corrected chi connectivity index (χ1v) is 15.7. The summed E-state index contributed by atoms with van der Waals surface area (Å²) in [5.74, 6) is -0.827. The molecule has 1 saturated heterocycles. The second kappa shape index (κ2) is 10.6. The van der Waals surface area contributed by atoms with E-state index in [0.717, 1.165) is 65.4 Å². The number of rotatable bonds is 5. The SMILES string of the molecule is CN(C)CCCN1CCN(C(=O)OC2Cn3c4ccccc4c4c5c(c6c7ccccc7n(c6c43)CC2O)C(=O)NC5=O)CC1. The van der Waals surface area contributed by atoms with Crippen LogP contribution in [0.15, 0.2) is 48.5 Å². The molecular formula is C34H36N6O5. The van der Waals surface area contributed by atoms with Gasteiger partial charge in [-0.25, -0.2) is 4.79 Å². The molecule has 232 valence electrons. The van der Waals surface area contributed by atoms with Crippen molar-refractivity contribution in [3.63, 3.8) is 0 Å². The van der Waals surface area contributed by atoms with E-state index in [0.29, 0.717) is 35.0 Å². The van der Waals surface area contributed by atoms with E-state index in [2.05, 4.69) is 33.8 Å². The van der Waals surface area contributed by atoms with Gasteiger partial charge in [-0.05, 0) is 45.7 Å². The zero-order valence-electron chi connectivity index (χ0n) is 25.5. The number of piperazine rings is 1. The fourth-order valence-corrected chi connectivity index (χ4v) is 7.61. The quantitative estimate of drug-likeness (QED) is 0.295. The second-order valence-electron chi connectivity index (χ2n) is 12.7.